The zero-order chi connectivity index (χ0) is 7.84. The molecule has 0 bridgehead atoms. The van der Waals surface area contributed by atoms with E-state index in [9.17, 15) is 0 Å². The highest BCUT2D eigenvalue weighted by molar-refractivity contribution is 9.10. The van der Waals surface area contributed by atoms with Crippen LogP contribution >= 0.6 is 31.9 Å². The van der Waals surface area contributed by atoms with Gasteiger partial charge in [-0.1, -0.05) is 0 Å². The number of fused-ring (bicyclic) bond motifs is 1. The molecule has 0 aromatic carbocycles. The minimum Gasteiger partial charge on any atom is -0.431 e. The van der Waals surface area contributed by atoms with Gasteiger partial charge in [0, 0.05) is 28.2 Å². The van der Waals surface area contributed by atoms with Gasteiger partial charge >= 0.3 is 0 Å². The van der Waals surface area contributed by atoms with E-state index in [4.69, 9.17) is 4.42 Å². The van der Waals surface area contributed by atoms with Crippen molar-refractivity contribution < 1.29 is 4.42 Å². The number of aromatic nitrogens is 2. The van der Waals surface area contributed by atoms with Crippen molar-refractivity contribution in [3.05, 3.63) is 21.7 Å². The lowest BCUT2D eigenvalue weighted by Gasteiger charge is -1.86. The molecular weight excluding hydrogens is 276 g/mol. The minimum atomic E-state index is 0.473. The highest BCUT2D eigenvalue weighted by Gasteiger charge is 2.05. The number of hydrogen-bond donors (Lipinski definition) is 0. The highest BCUT2D eigenvalue weighted by Crippen LogP contribution is 2.23. The topological polar surface area (TPSA) is 38.9 Å². The molecule has 2 aromatic rings. The van der Waals surface area contributed by atoms with E-state index in [2.05, 4.69) is 41.8 Å². The summed E-state index contributed by atoms with van der Waals surface area (Å²) in [5.74, 6) is 0. The van der Waals surface area contributed by atoms with Gasteiger partial charge in [-0.25, -0.2) is 9.97 Å². The van der Waals surface area contributed by atoms with Crippen LogP contribution in [0.1, 0.15) is 0 Å². The van der Waals surface area contributed by atoms with Gasteiger partial charge < -0.3 is 4.42 Å². The second-order valence-electron chi connectivity index (χ2n) is 1.92. The van der Waals surface area contributed by atoms with Crippen LogP contribution in [0.3, 0.4) is 0 Å². The Bertz CT molecular complexity index is 398. The second-order valence-corrected chi connectivity index (χ2v) is 3.34. The van der Waals surface area contributed by atoms with E-state index < -0.39 is 0 Å². The minimum absolute atomic E-state index is 0.473. The van der Waals surface area contributed by atoms with Crippen LogP contribution in [0.25, 0.3) is 11.1 Å². The van der Waals surface area contributed by atoms with Gasteiger partial charge in [0.15, 0.2) is 5.58 Å². The van der Waals surface area contributed by atoms with Crippen LogP contribution in [0.4, 0.5) is 0 Å². The fourth-order valence-electron chi connectivity index (χ4n) is 0.797. The number of pyridine rings is 1. The monoisotopic (exact) mass is 276 g/mol. The maximum Gasteiger partial charge on any atom is 0.265 e. The van der Waals surface area contributed by atoms with E-state index in [0.29, 0.717) is 9.40 Å². The van der Waals surface area contributed by atoms with Crippen molar-refractivity contribution in [3.8, 4) is 0 Å². The van der Waals surface area contributed by atoms with Crippen LogP contribution in [0.5, 0.6) is 0 Å². The molecule has 0 amide bonds. The summed E-state index contributed by atoms with van der Waals surface area (Å²) in [7, 11) is 0. The summed E-state index contributed by atoms with van der Waals surface area (Å²) in [5.41, 5.74) is 1.46. The van der Waals surface area contributed by atoms with Crippen LogP contribution in [0.15, 0.2) is 26.1 Å². The van der Waals surface area contributed by atoms with E-state index in [0.717, 1.165) is 11.1 Å². The Hall–Kier alpha value is -0.420. The van der Waals surface area contributed by atoms with Crippen molar-refractivity contribution in [1.29, 1.82) is 0 Å². The van der Waals surface area contributed by atoms with E-state index in [1.54, 1.807) is 12.3 Å². The van der Waals surface area contributed by atoms with Gasteiger partial charge in [0.1, 0.15) is 10.1 Å². The van der Waals surface area contributed by atoms with E-state index in [-0.39, 0.29) is 0 Å². The maximum atomic E-state index is 5.18. The molecule has 0 saturated heterocycles. The first kappa shape index (κ1) is 7.24. The second kappa shape index (κ2) is 2.57. The first-order chi connectivity index (χ1) is 5.27. The summed E-state index contributed by atoms with van der Waals surface area (Å²) in [5, 5.41) is 0. The molecule has 0 aliphatic carbocycles. The number of oxazole rings is 1. The van der Waals surface area contributed by atoms with E-state index >= 15 is 0 Å². The Labute approximate surface area is 79.1 Å². The van der Waals surface area contributed by atoms with Gasteiger partial charge in [0.05, 0.1) is 0 Å². The molecule has 0 atom stereocenters. The fraction of sp³-hybridized carbons (Fsp3) is 0. The molecule has 0 aliphatic heterocycles. The van der Waals surface area contributed by atoms with Crippen LogP contribution in [0.2, 0.25) is 0 Å². The van der Waals surface area contributed by atoms with Crippen LogP contribution in [-0.2, 0) is 0 Å². The Morgan fingerprint density at radius 3 is 2.91 bits per heavy atom. The number of halogens is 2. The molecule has 0 N–H and O–H groups in total. The Morgan fingerprint density at radius 2 is 2.18 bits per heavy atom. The molecule has 0 aliphatic rings. The largest absolute Gasteiger partial charge is 0.431 e. The molecule has 2 aromatic heterocycles. The van der Waals surface area contributed by atoms with Crippen molar-refractivity contribution in [2.45, 2.75) is 0 Å². The zero-order valence-corrected chi connectivity index (χ0v) is 8.39. The average Bonchev–Trinajstić information content (AvgIpc) is 2.31. The van der Waals surface area contributed by atoms with Gasteiger partial charge in [0.2, 0.25) is 0 Å². The first-order valence-corrected chi connectivity index (χ1v) is 4.42. The molecule has 2 heterocycles. The lowest BCUT2D eigenvalue weighted by Crippen LogP contribution is -1.74. The molecule has 5 heteroatoms. The number of nitrogens with zero attached hydrogens (tertiary/aromatic N) is 2. The van der Waals surface area contributed by atoms with E-state index in [1.165, 1.54) is 0 Å². The van der Waals surface area contributed by atoms with E-state index in [1.807, 2.05) is 0 Å². The third-order valence-electron chi connectivity index (χ3n) is 1.24. The normalized spacial score (nSPS) is 10.7. The molecule has 3 nitrogen and oxygen atoms in total. The SMILES string of the molecule is Brc1nc2c(Br)nccc2o1. The quantitative estimate of drug-likeness (QED) is 0.695. The van der Waals surface area contributed by atoms with Crippen molar-refractivity contribution in [2.24, 2.45) is 0 Å². The molecule has 2 rings (SSSR count). The van der Waals surface area contributed by atoms with Crippen molar-refractivity contribution in [1.82, 2.24) is 9.97 Å². The van der Waals surface area contributed by atoms with Crippen LogP contribution in [0, 0.1) is 0 Å². The van der Waals surface area contributed by atoms with Crippen molar-refractivity contribution in [3.63, 3.8) is 0 Å². The molecule has 0 fully saturated rings. The summed E-state index contributed by atoms with van der Waals surface area (Å²) < 4.78 is 5.88. The summed E-state index contributed by atoms with van der Waals surface area (Å²) in [6.45, 7) is 0. The third kappa shape index (κ3) is 1.18. The number of rotatable bonds is 0. The zero-order valence-electron chi connectivity index (χ0n) is 5.21. The van der Waals surface area contributed by atoms with Gasteiger partial charge in [-0.05, 0) is 15.9 Å². The molecule has 56 valence electrons. The van der Waals surface area contributed by atoms with Gasteiger partial charge in [-0.2, -0.15) is 0 Å². The van der Waals surface area contributed by atoms with Crippen molar-refractivity contribution >= 4 is 43.0 Å². The molecule has 11 heavy (non-hydrogen) atoms. The summed E-state index contributed by atoms with van der Waals surface area (Å²) >= 11 is 6.39. The summed E-state index contributed by atoms with van der Waals surface area (Å²) in [6.07, 6.45) is 1.66. The average molecular weight is 278 g/mol. The molecule has 0 saturated carbocycles. The predicted octanol–water partition coefficient (Wildman–Crippen LogP) is 2.75. The Balaban J connectivity index is 2.90. The Kier molecular flexibility index (Phi) is 1.69. The van der Waals surface area contributed by atoms with Gasteiger partial charge in [-0.3, -0.25) is 0 Å². The van der Waals surface area contributed by atoms with Crippen LogP contribution < -0.4 is 0 Å². The fourth-order valence-corrected chi connectivity index (χ4v) is 1.55. The highest BCUT2D eigenvalue weighted by atomic mass is 79.9. The number of hydrogen-bond acceptors (Lipinski definition) is 3. The standard InChI is InChI=1S/C6H2Br2N2O/c7-5-4-3(1-2-9-5)11-6(8)10-4/h1-2H. The lowest BCUT2D eigenvalue weighted by atomic mass is 10.4. The maximum absolute atomic E-state index is 5.18. The summed E-state index contributed by atoms with van der Waals surface area (Å²) in [6, 6.07) is 1.76. The predicted molar refractivity (Wildman–Crippen MR) is 47.2 cm³/mol. The lowest BCUT2D eigenvalue weighted by molar-refractivity contribution is 0.570. The molecule has 0 radical (unpaired) electrons. The third-order valence-corrected chi connectivity index (χ3v) is 2.16. The first-order valence-electron chi connectivity index (χ1n) is 2.84. The van der Waals surface area contributed by atoms with Crippen molar-refractivity contribution in [2.75, 3.05) is 0 Å². The molecule has 0 spiro atoms. The van der Waals surface area contributed by atoms with Gasteiger partial charge in [0.25, 0.3) is 4.80 Å². The smallest absolute Gasteiger partial charge is 0.265 e. The molecule has 0 unspecified atom stereocenters. The van der Waals surface area contributed by atoms with Crippen LogP contribution in [-0.4, -0.2) is 9.97 Å². The summed E-state index contributed by atoms with van der Waals surface area (Å²) in [4.78, 5) is 8.52. The molecular formula is C6H2Br2N2O. The Morgan fingerprint density at radius 1 is 1.36 bits per heavy atom. The van der Waals surface area contributed by atoms with Gasteiger partial charge in [-0.15, -0.1) is 0 Å².